The van der Waals surface area contributed by atoms with Crippen LogP contribution in [-0.2, 0) is 10.0 Å². The Kier molecular flexibility index (Phi) is 6.07. The Balaban J connectivity index is 1.87. The highest BCUT2D eigenvalue weighted by Gasteiger charge is 2.23. The largest absolute Gasteiger partial charge is 0.497 e. The number of nitrogens with one attached hydrogen (secondary N) is 1. The predicted molar refractivity (Wildman–Crippen MR) is 114 cm³/mol. The SMILES string of the molecule is COc1ccc(N(C)S(=O)(=O)c2cccc(C(=O)Nc3cc(C)ccc3F)c2)cc1. The summed E-state index contributed by atoms with van der Waals surface area (Å²) in [4.78, 5) is 12.5. The number of nitrogens with zero attached hydrogens (tertiary/aromatic N) is 1. The number of aryl methyl sites for hydroxylation is 1. The van der Waals surface area contributed by atoms with E-state index in [1.165, 1.54) is 50.6 Å². The van der Waals surface area contributed by atoms with E-state index in [0.29, 0.717) is 11.4 Å². The van der Waals surface area contributed by atoms with Gasteiger partial charge in [0.2, 0.25) is 0 Å². The number of rotatable bonds is 6. The lowest BCUT2D eigenvalue weighted by molar-refractivity contribution is 0.102. The van der Waals surface area contributed by atoms with Gasteiger partial charge in [0.25, 0.3) is 15.9 Å². The first kappa shape index (κ1) is 21.3. The molecule has 6 nitrogen and oxygen atoms in total. The Morgan fingerprint density at radius 3 is 2.40 bits per heavy atom. The van der Waals surface area contributed by atoms with E-state index >= 15 is 0 Å². The average Bonchev–Trinajstić information content (AvgIpc) is 2.75. The number of hydrogen-bond acceptors (Lipinski definition) is 4. The van der Waals surface area contributed by atoms with Gasteiger partial charge < -0.3 is 10.1 Å². The third kappa shape index (κ3) is 4.44. The molecule has 0 heterocycles. The first-order chi connectivity index (χ1) is 14.2. The molecule has 3 aromatic carbocycles. The number of carbonyl (C=O) groups is 1. The molecule has 0 radical (unpaired) electrons. The second-order valence-corrected chi connectivity index (χ2v) is 8.61. The van der Waals surface area contributed by atoms with Crippen molar-refractivity contribution in [2.75, 3.05) is 23.8 Å². The van der Waals surface area contributed by atoms with Crippen LogP contribution in [-0.4, -0.2) is 28.5 Å². The molecule has 8 heteroatoms. The van der Waals surface area contributed by atoms with Crippen LogP contribution in [0.1, 0.15) is 15.9 Å². The number of benzene rings is 3. The minimum Gasteiger partial charge on any atom is -0.497 e. The molecule has 0 fully saturated rings. The molecule has 0 aliphatic carbocycles. The Morgan fingerprint density at radius 1 is 1.03 bits per heavy atom. The highest BCUT2D eigenvalue weighted by atomic mass is 32.2. The third-order valence-corrected chi connectivity index (χ3v) is 6.34. The summed E-state index contributed by atoms with van der Waals surface area (Å²) >= 11 is 0. The summed E-state index contributed by atoms with van der Waals surface area (Å²) in [6, 6.07) is 16.5. The van der Waals surface area contributed by atoms with Crippen molar-refractivity contribution in [1.82, 2.24) is 0 Å². The summed E-state index contributed by atoms with van der Waals surface area (Å²) in [5.74, 6) is -0.577. The van der Waals surface area contributed by atoms with Gasteiger partial charge in [0, 0.05) is 12.6 Å². The maximum absolute atomic E-state index is 13.9. The number of hydrogen-bond donors (Lipinski definition) is 1. The van der Waals surface area contributed by atoms with E-state index in [9.17, 15) is 17.6 Å². The van der Waals surface area contributed by atoms with Gasteiger partial charge in [-0.3, -0.25) is 9.10 Å². The molecule has 0 saturated carbocycles. The van der Waals surface area contributed by atoms with Crippen molar-refractivity contribution in [2.45, 2.75) is 11.8 Å². The van der Waals surface area contributed by atoms with E-state index in [-0.39, 0.29) is 16.1 Å². The van der Waals surface area contributed by atoms with Crippen molar-refractivity contribution in [3.05, 3.63) is 83.7 Å². The number of methoxy groups -OCH3 is 1. The fourth-order valence-electron chi connectivity index (χ4n) is 2.82. The standard InChI is InChI=1S/C22H21FN2O4S/c1-15-7-12-20(23)21(13-15)24-22(26)16-5-4-6-19(14-16)30(27,28)25(2)17-8-10-18(29-3)11-9-17/h4-14H,1-3H3,(H,24,26). The molecule has 0 aliphatic rings. The number of sulfonamides is 1. The molecule has 1 N–H and O–H groups in total. The van der Waals surface area contributed by atoms with Gasteiger partial charge in [-0.2, -0.15) is 0 Å². The van der Waals surface area contributed by atoms with E-state index in [1.807, 2.05) is 0 Å². The van der Waals surface area contributed by atoms with E-state index in [1.54, 1.807) is 37.3 Å². The maximum Gasteiger partial charge on any atom is 0.264 e. The number of amides is 1. The second-order valence-electron chi connectivity index (χ2n) is 6.64. The lowest BCUT2D eigenvalue weighted by Crippen LogP contribution is -2.26. The summed E-state index contributed by atoms with van der Waals surface area (Å²) in [6.07, 6.45) is 0. The average molecular weight is 428 g/mol. The van der Waals surface area contributed by atoms with Gasteiger partial charge in [-0.1, -0.05) is 12.1 Å². The summed E-state index contributed by atoms with van der Waals surface area (Å²) in [7, 11) is -0.972. The Labute approximate surface area is 175 Å². The molecule has 0 bridgehead atoms. The van der Waals surface area contributed by atoms with Crippen LogP contribution in [0.15, 0.2) is 71.6 Å². The zero-order chi connectivity index (χ0) is 21.9. The predicted octanol–water partition coefficient (Wildman–Crippen LogP) is 4.22. The summed E-state index contributed by atoms with van der Waals surface area (Å²) in [5, 5.41) is 2.48. The van der Waals surface area contributed by atoms with Gasteiger partial charge in [-0.05, 0) is 67.1 Å². The minimum absolute atomic E-state index is 0.0311. The molecule has 30 heavy (non-hydrogen) atoms. The first-order valence-corrected chi connectivity index (χ1v) is 10.5. The van der Waals surface area contributed by atoms with Crippen LogP contribution < -0.4 is 14.4 Å². The highest BCUT2D eigenvalue weighted by molar-refractivity contribution is 7.92. The lowest BCUT2D eigenvalue weighted by atomic mass is 10.2. The molecule has 1 amide bonds. The molecule has 156 valence electrons. The quantitative estimate of drug-likeness (QED) is 0.638. The molecule has 0 aliphatic heterocycles. The van der Waals surface area contributed by atoms with Gasteiger partial charge in [0.1, 0.15) is 11.6 Å². The van der Waals surface area contributed by atoms with Crippen LogP contribution in [0.5, 0.6) is 5.75 Å². The summed E-state index contributed by atoms with van der Waals surface area (Å²) in [6.45, 7) is 1.78. The van der Waals surface area contributed by atoms with E-state index in [4.69, 9.17) is 4.74 Å². The number of ether oxygens (including phenoxy) is 1. The zero-order valence-corrected chi connectivity index (χ0v) is 17.5. The van der Waals surface area contributed by atoms with Crippen molar-refractivity contribution in [2.24, 2.45) is 0 Å². The normalized spacial score (nSPS) is 11.1. The second kappa shape index (κ2) is 8.54. The Morgan fingerprint density at radius 2 is 1.73 bits per heavy atom. The minimum atomic E-state index is -3.92. The van der Waals surface area contributed by atoms with Gasteiger partial charge in [-0.25, -0.2) is 12.8 Å². The first-order valence-electron chi connectivity index (χ1n) is 9.03. The summed E-state index contributed by atoms with van der Waals surface area (Å²) in [5.41, 5.74) is 1.35. The lowest BCUT2D eigenvalue weighted by Gasteiger charge is -2.20. The molecule has 0 unspecified atom stereocenters. The van der Waals surface area contributed by atoms with E-state index in [0.717, 1.165) is 9.87 Å². The van der Waals surface area contributed by atoms with Crippen LogP contribution >= 0.6 is 0 Å². The van der Waals surface area contributed by atoms with Crippen molar-refractivity contribution in [1.29, 1.82) is 0 Å². The molecule has 0 spiro atoms. The molecule has 3 aromatic rings. The molecular weight excluding hydrogens is 407 g/mol. The van der Waals surface area contributed by atoms with Gasteiger partial charge in [0.05, 0.1) is 23.4 Å². The van der Waals surface area contributed by atoms with Crippen LogP contribution in [0, 0.1) is 12.7 Å². The fraction of sp³-hybridized carbons (Fsp3) is 0.136. The number of halogens is 1. The van der Waals surface area contributed by atoms with Crippen molar-refractivity contribution in [3.8, 4) is 5.75 Å². The topological polar surface area (TPSA) is 75.7 Å². The number of anilines is 2. The number of carbonyl (C=O) groups excluding carboxylic acids is 1. The Bertz CT molecular complexity index is 1180. The summed E-state index contributed by atoms with van der Waals surface area (Å²) < 4.78 is 46.2. The van der Waals surface area contributed by atoms with Crippen LogP contribution in [0.2, 0.25) is 0 Å². The van der Waals surface area contributed by atoms with Gasteiger partial charge >= 0.3 is 0 Å². The third-order valence-electron chi connectivity index (χ3n) is 4.56. The fourth-order valence-corrected chi connectivity index (χ4v) is 4.06. The molecule has 0 atom stereocenters. The van der Waals surface area contributed by atoms with Crippen LogP contribution in [0.25, 0.3) is 0 Å². The molecule has 3 rings (SSSR count). The van der Waals surface area contributed by atoms with Crippen molar-refractivity contribution < 1.29 is 22.3 Å². The van der Waals surface area contributed by atoms with Gasteiger partial charge in [0.15, 0.2) is 0 Å². The maximum atomic E-state index is 13.9. The van der Waals surface area contributed by atoms with Crippen molar-refractivity contribution in [3.63, 3.8) is 0 Å². The van der Waals surface area contributed by atoms with Crippen LogP contribution in [0.3, 0.4) is 0 Å². The smallest absolute Gasteiger partial charge is 0.264 e. The van der Waals surface area contributed by atoms with Gasteiger partial charge in [-0.15, -0.1) is 0 Å². The molecular formula is C22H21FN2O4S. The molecule has 0 saturated heterocycles. The van der Waals surface area contributed by atoms with E-state index in [2.05, 4.69) is 5.32 Å². The van der Waals surface area contributed by atoms with Crippen molar-refractivity contribution >= 4 is 27.3 Å². The monoisotopic (exact) mass is 428 g/mol. The molecule has 0 aromatic heterocycles. The highest BCUT2D eigenvalue weighted by Crippen LogP contribution is 2.25. The van der Waals surface area contributed by atoms with E-state index < -0.39 is 21.7 Å². The zero-order valence-electron chi connectivity index (χ0n) is 16.7. The Hall–Kier alpha value is -3.39. The van der Waals surface area contributed by atoms with Crippen LogP contribution in [0.4, 0.5) is 15.8 Å².